The predicted molar refractivity (Wildman–Crippen MR) is 77.9 cm³/mol. The van der Waals surface area contributed by atoms with Crippen LogP contribution in [0.3, 0.4) is 0 Å². The normalized spacial score (nSPS) is 41.5. The summed E-state index contributed by atoms with van der Waals surface area (Å²) in [5.41, 5.74) is -1.22. The predicted octanol–water partition coefficient (Wildman–Crippen LogP) is 3.96. The lowest BCUT2D eigenvalue weighted by Crippen LogP contribution is -2.55. The molecule has 0 unspecified atom stereocenters. The van der Waals surface area contributed by atoms with Crippen molar-refractivity contribution in [3.8, 4) is 0 Å². The van der Waals surface area contributed by atoms with Crippen molar-refractivity contribution >= 4 is 5.78 Å². The van der Waals surface area contributed by atoms with E-state index in [0.717, 1.165) is 25.7 Å². The summed E-state index contributed by atoms with van der Waals surface area (Å²) in [5.74, 6) is 0.683. The Hall–Kier alpha value is -0.370. The van der Waals surface area contributed by atoms with Crippen LogP contribution in [-0.4, -0.2) is 16.5 Å². The van der Waals surface area contributed by atoms with Crippen molar-refractivity contribution in [2.24, 2.45) is 22.7 Å². The van der Waals surface area contributed by atoms with Crippen molar-refractivity contribution < 1.29 is 9.90 Å². The first-order valence-electron chi connectivity index (χ1n) is 8.01. The number of aliphatic hydroxyl groups is 1. The Morgan fingerprint density at radius 3 is 2.32 bits per heavy atom. The molecule has 110 valence electrons. The zero-order chi connectivity index (χ0) is 14.5. The topological polar surface area (TPSA) is 37.3 Å². The Morgan fingerprint density at radius 2 is 1.95 bits per heavy atom. The first kappa shape index (κ1) is 15.0. The van der Waals surface area contributed by atoms with Gasteiger partial charge in [0.15, 0.2) is 5.78 Å². The van der Waals surface area contributed by atoms with E-state index in [1.54, 1.807) is 0 Å². The average molecular weight is 266 g/mol. The van der Waals surface area contributed by atoms with Gasteiger partial charge in [-0.15, -0.1) is 0 Å². The highest BCUT2D eigenvalue weighted by molar-refractivity contribution is 5.91. The van der Waals surface area contributed by atoms with Gasteiger partial charge in [0.05, 0.1) is 0 Å². The first-order chi connectivity index (χ1) is 8.74. The standard InChI is InChI=1S/C17H30O2/c1-6-8-12(7-2)14(18)17(19)11-13-9-10-16(17,5)15(13,3)4/h12-13,19H,6-11H2,1-5H3/t12-,13+,16+,17-/m0/s1. The van der Waals surface area contributed by atoms with Crippen molar-refractivity contribution in [1.29, 1.82) is 0 Å². The third kappa shape index (κ3) is 1.75. The summed E-state index contributed by atoms with van der Waals surface area (Å²) >= 11 is 0. The third-order valence-electron chi connectivity index (χ3n) is 6.80. The van der Waals surface area contributed by atoms with Gasteiger partial charge in [0.1, 0.15) is 5.60 Å². The fraction of sp³-hybridized carbons (Fsp3) is 0.941. The molecule has 0 heterocycles. The molecule has 0 aromatic carbocycles. The molecule has 0 amide bonds. The van der Waals surface area contributed by atoms with E-state index >= 15 is 0 Å². The zero-order valence-corrected chi connectivity index (χ0v) is 13.3. The van der Waals surface area contributed by atoms with E-state index in [2.05, 4.69) is 34.6 Å². The van der Waals surface area contributed by atoms with Crippen LogP contribution in [-0.2, 0) is 4.79 Å². The number of ketones is 1. The van der Waals surface area contributed by atoms with E-state index in [-0.39, 0.29) is 22.5 Å². The van der Waals surface area contributed by atoms with Crippen LogP contribution in [0.5, 0.6) is 0 Å². The summed E-state index contributed by atoms with van der Waals surface area (Å²) < 4.78 is 0. The molecule has 2 nitrogen and oxygen atoms in total. The molecule has 0 aromatic heterocycles. The maximum absolute atomic E-state index is 12.9. The quantitative estimate of drug-likeness (QED) is 0.818. The molecule has 2 aliphatic carbocycles. The highest BCUT2D eigenvalue weighted by Crippen LogP contribution is 2.70. The number of rotatable bonds is 5. The van der Waals surface area contributed by atoms with Gasteiger partial charge in [-0.3, -0.25) is 4.79 Å². The highest BCUT2D eigenvalue weighted by atomic mass is 16.3. The second kappa shape index (κ2) is 4.58. The molecule has 4 atom stereocenters. The molecule has 2 saturated carbocycles. The average Bonchev–Trinajstić information content (AvgIpc) is 2.67. The van der Waals surface area contributed by atoms with E-state index in [9.17, 15) is 9.90 Å². The van der Waals surface area contributed by atoms with Gasteiger partial charge in [0.25, 0.3) is 0 Å². The van der Waals surface area contributed by atoms with Crippen LogP contribution in [0.15, 0.2) is 0 Å². The van der Waals surface area contributed by atoms with Crippen molar-refractivity contribution in [2.45, 2.75) is 78.7 Å². The molecular weight excluding hydrogens is 236 g/mol. The Morgan fingerprint density at radius 1 is 1.32 bits per heavy atom. The fourth-order valence-electron chi connectivity index (χ4n) is 4.85. The monoisotopic (exact) mass is 266 g/mol. The van der Waals surface area contributed by atoms with Crippen LogP contribution < -0.4 is 0 Å². The van der Waals surface area contributed by atoms with E-state index in [0.29, 0.717) is 12.3 Å². The van der Waals surface area contributed by atoms with Crippen molar-refractivity contribution in [3.63, 3.8) is 0 Å². The molecule has 0 radical (unpaired) electrons. The van der Waals surface area contributed by atoms with Gasteiger partial charge < -0.3 is 5.11 Å². The van der Waals surface area contributed by atoms with Crippen LogP contribution in [0.2, 0.25) is 0 Å². The van der Waals surface area contributed by atoms with Gasteiger partial charge in [-0.25, -0.2) is 0 Å². The summed E-state index contributed by atoms with van der Waals surface area (Å²) in [6.45, 7) is 10.8. The number of hydrogen-bond acceptors (Lipinski definition) is 2. The van der Waals surface area contributed by atoms with E-state index in [4.69, 9.17) is 0 Å². The second-order valence-electron chi connectivity index (χ2n) is 7.61. The van der Waals surface area contributed by atoms with Gasteiger partial charge >= 0.3 is 0 Å². The van der Waals surface area contributed by atoms with Crippen LogP contribution >= 0.6 is 0 Å². The number of Topliss-reactive ketones (excluding diaryl/α,β-unsaturated/α-hetero) is 1. The molecule has 2 fully saturated rings. The van der Waals surface area contributed by atoms with Crippen molar-refractivity contribution in [2.75, 3.05) is 0 Å². The zero-order valence-electron chi connectivity index (χ0n) is 13.3. The van der Waals surface area contributed by atoms with Crippen LogP contribution in [0, 0.1) is 22.7 Å². The van der Waals surface area contributed by atoms with E-state index in [1.807, 2.05) is 0 Å². The minimum Gasteiger partial charge on any atom is -0.381 e. The van der Waals surface area contributed by atoms with Gasteiger partial charge in [0, 0.05) is 11.3 Å². The SMILES string of the molecule is CCC[C@H](CC)C(=O)[C@@]1(O)C[C@H]2CC[C@]1(C)C2(C)C. The summed E-state index contributed by atoms with van der Waals surface area (Å²) in [4.78, 5) is 12.9. The molecule has 0 aromatic rings. The molecule has 0 aliphatic heterocycles. The molecule has 19 heavy (non-hydrogen) atoms. The molecule has 2 heteroatoms. The number of hydrogen-bond donors (Lipinski definition) is 1. The number of fused-ring (bicyclic) bond motifs is 2. The maximum Gasteiger partial charge on any atom is 0.167 e. The molecular formula is C17H30O2. The Kier molecular flexibility index (Phi) is 3.62. The Labute approximate surface area is 118 Å². The highest BCUT2D eigenvalue weighted by Gasteiger charge is 2.71. The smallest absolute Gasteiger partial charge is 0.167 e. The first-order valence-corrected chi connectivity index (χ1v) is 8.01. The van der Waals surface area contributed by atoms with Crippen LogP contribution in [0.1, 0.15) is 73.1 Å². The second-order valence-corrected chi connectivity index (χ2v) is 7.61. The van der Waals surface area contributed by atoms with Crippen molar-refractivity contribution in [3.05, 3.63) is 0 Å². The van der Waals surface area contributed by atoms with Crippen LogP contribution in [0.25, 0.3) is 0 Å². The van der Waals surface area contributed by atoms with Crippen molar-refractivity contribution in [1.82, 2.24) is 0 Å². The van der Waals surface area contributed by atoms with Gasteiger partial charge in [-0.05, 0) is 43.4 Å². The van der Waals surface area contributed by atoms with Gasteiger partial charge in [0.2, 0.25) is 0 Å². The van der Waals surface area contributed by atoms with E-state index in [1.165, 1.54) is 6.42 Å². The minimum absolute atomic E-state index is 0.0435. The van der Waals surface area contributed by atoms with Gasteiger partial charge in [-0.2, -0.15) is 0 Å². The summed E-state index contributed by atoms with van der Waals surface area (Å²) in [5, 5.41) is 11.2. The molecule has 0 spiro atoms. The number of carbonyl (C=O) groups excluding carboxylic acids is 1. The third-order valence-corrected chi connectivity index (χ3v) is 6.80. The largest absolute Gasteiger partial charge is 0.381 e. The lowest BCUT2D eigenvalue weighted by atomic mass is 9.61. The lowest BCUT2D eigenvalue weighted by molar-refractivity contribution is -0.160. The molecule has 2 rings (SSSR count). The van der Waals surface area contributed by atoms with Gasteiger partial charge in [-0.1, -0.05) is 41.0 Å². The molecule has 1 N–H and O–H groups in total. The summed E-state index contributed by atoms with van der Waals surface area (Å²) in [7, 11) is 0. The summed E-state index contributed by atoms with van der Waals surface area (Å²) in [6, 6.07) is 0. The fourth-order valence-corrected chi connectivity index (χ4v) is 4.85. The molecule has 2 bridgehead atoms. The molecule has 0 saturated heterocycles. The Bertz CT molecular complexity index is 373. The number of carbonyl (C=O) groups is 1. The minimum atomic E-state index is -1.07. The summed E-state index contributed by atoms with van der Waals surface area (Å²) in [6.07, 6.45) is 5.65. The van der Waals surface area contributed by atoms with E-state index < -0.39 is 5.60 Å². The molecule has 2 aliphatic rings. The maximum atomic E-state index is 12.9. The van der Waals surface area contributed by atoms with Crippen LogP contribution in [0.4, 0.5) is 0 Å². The Balaban J connectivity index is 2.32. The lowest BCUT2D eigenvalue weighted by Gasteiger charge is -2.45.